The van der Waals surface area contributed by atoms with Crippen LogP contribution in [0.5, 0.6) is 0 Å². The molecule has 0 bridgehead atoms. The summed E-state index contributed by atoms with van der Waals surface area (Å²) >= 11 is 0. The molecule has 1 aliphatic heterocycles. The molecular weight excluding hydrogens is 268 g/mol. The van der Waals surface area contributed by atoms with Crippen LogP contribution in [0.15, 0.2) is 24.3 Å². The third kappa shape index (κ3) is 3.01. The number of carbonyl (C=O) groups excluding carboxylic acids is 1. The van der Waals surface area contributed by atoms with Gasteiger partial charge in [-0.1, -0.05) is 39.0 Å². The molecule has 2 unspecified atom stereocenters. The number of carbonyl (C=O) groups is 2. The van der Waals surface area contributed by atoms with E-state index in [1.807, 2.05) is 45.9 Å². The summed E-state index contributed by atoms with van der Waals surface area (Å²) in [6, 6.07) is 6.08. The molecule has 21 heavy (non-hydrogen) atoms. The van der Waals surface area contributed by atoms with Crippen molar-refractivity contribution in [1.82, 2.24) is 5.32 Å². The summed E-state index contributed by atoms with van der Waals surface area (Å²) in [5.74, 6) is -0.982. The summed E-state index contributed by atoms with van der Waals surface area (Å²) in [7, 11) is 0. The Labute approximate surface area is 125 Å². The quantitative estimate of drug-likeness (QED) is 0.879. The second-order valence-electron chi connectivity index (χ2n) is 6.59. The Morgan fingerprint density at radius 1 is 1.33 bits per heavy atom. The van der Waals surface area contributed by atoms with Crippen LogP contribution in [0.25, 0.3) is 0 Å². The fraction of sp³-hybridized carbons (Fsp3) is 0.500. The van der Waals surface area contributed by atoms with Gasteiger partial charge in [-0.05, 0) is 24.0 Å². The Morgan fingerprint density at radius 3 is 2.52 bits per heavy atom. The van der Waals surface area contributed by atoms with E-state index in [2.05, 4.69) is 5.32 Å². The maximum absolute atomic E-state index is 12.5. The van der Waals surface area contributed by atoms with Crippen LogP contribution >= 0.6 is 0 Å². The highest BCUT2D eigenvalue weighted by atomic mass is 16.4. The van der Waals surface area contributed by atoms with E-state index < -0.39 is 12.0 Å². The number of nitrogens with one attached hydrogen (secondary N) is 1. The van der Waals surface area contributed by atoms with Gasteiger partial charge in [0.2, 0.25) is 0 Å². The number of amides is 2. The maximum Gasteiger partial charge on any atom is 0.327 e. The lowest BCUT2D eigenvalue weighted by molar-refractivity contribution is -0.138. The first-order valence-corrected chi connectivity index (χ1v) is 7.12. The van der Waals surface area contributed by atoms with E-state index >= 15 is 0 Å². The minimum Gasteiger partial charge on any atom is -0.480 e. The summed E-state index contributed by atoms with van der Waals surface area (Å²) in [5.41, 5.74) is 1.49. The number of fused-ring (bicyclic) bond motifs is 1. The molecule has 0 spiro atoms. The molecule has 0 radical (unpaired) electrons. The number of hydrogen-bond acceptors (Lipinski definition) is 2. The second kappa shape index (κ2) is 5.39. The van der Waals surface area contributed by atoms with Gasteiger partial charge in [-0.3, -0.25) is 4.90 Å². The minimum absolute atomic E-state index is 0.0628. The van der Waals surface area contributed by atoms with E-state index in [1.165, 1.54) is 4.90 Å². The van der Waals surface area contributed by atoms with Crippen molar-refractivity contribution in [2.45, 2.75) is 46.2 Å². The van der Waals surface area contributed by atoms with Gasteiger partial charge in [0.15, 0.2) is 0 Å². The van der Waals surface area contributed by atoms with Gasteiger partial charge < -0.3 is 10.4 Å². The normalized spacial score (nSPS) is 19.0. The number of anilines is 1. The van der Waals surface area contributed by atoms with Crippen LogP contribution in [0.4, 0.5) is 10.5 Å². The highest BCUT2D eigenvalue weighted by Gasteiger charge is 2.39. The predicted octanol–water partition coefficient (Wildman–Crippen LogP) is 2.65. The number of hydrogen-bond donors (Lipinski definition) is 2. The number of nitrogens with zero attached hydrogens (tertiary/aromatic N) is 1. The van der Waals surface area contributed by atoms with Crippen molar-refractivity contribution >= 4 is 17.7 Å². The largest absolute Gasteiger partial charge is 0.480 e. The van der Waals surface area contributed by atoms with Gasteiger partial charge >= 0.3 is 12.0 Å². The smallest absolute Gasteiger partial charge is 0.327 e. The van der Waals surface area contributed by atoms with Gasteiger partial charge in [0.05, 0.1) is 0 Å². The van der Waals surface area contributed by atoms with Crippen LogP contribution in [-0.2, 0) is 11.2 Å². The molecular formula is C16H22N2O3. The molecule has 0 saturated heterocycles. The monoisotopic (exact) mass is 290 g/mol. The third-order valence-corrected chi connectivity index (χ3v) is 4.12. The van der Waals surface area contributed by atoms with E-state index in [9.17, 15) is 14.7 Å². The first-order chi connectivity index (χ1) is 9.71. The molecule has 1 heterocycles. The topological polar surface area (TPSA) is 69.6 Å². The molecule has 0 aliphatic carbocycles. The Kier molecular flexibility index (Phi) is 3.94. The number of carboxylic acid groups (broad SMARTS) is 1. The lowest BCUT2D eigenvalue weighted by Crippen LogP contribution is -2.52. The second-order valence-corrected chi connectivity index (χ2v) is 6.59. The van der Waals surface area contributed by atoms with Crippen LogP contribution in [-0.4, -0.2) is 29.2 Å². The van der Waals surface area contributed by atoms with Crippen molar-refractivity contribution in [1.29, 1.82) is 0 Å². The van der Waals surface area contributed by atoms with Gasteiger partial charge in [-0.15, -0.1) is 0 Å². The zero-order chi connectivity index (χ0) is 15.8. The number of aliphatic carboxylic acids is 1. The Bertz CT molecular complexity index is 563. The number of carboxylic acids is 1. The number of rotatable bonds is 2. The van der Waals surface area contributed by atoms with Crippen molar-refractivity contribution in [3.63, 3.8) is 0 Å². The molecule has 0 saturated carbocycles. The molecule has 2 atom stereocenters. The Hall–Kier alpha value is -2.04. The van der Waals surface area contributed by atoms with Crippen molar-refractivity contribution in [2.24, 2.45) is 5.41 Å². The van der Waals surface area contributed by atoms with Gasteiger partial charge in [0.25, 0.3) is 0 Å². The fourth-order valence-corrected chi connectivity index (χ4v) is 2.31. The maximum atomic E-state index is 12.5. The first-order valence-electron chi connectivity index (χ1n) is 7.12. The third-order valence-electron chi connectivity index (χ3n) is 4.12. The molecule has 1 aromatic rings. The van der Waals surface area contributed by atoms with Crippen molar-refractivity contribution < 1.29 is 14.7 Å². The van der Waals surface area contributed by atoms with Crippen LogP contribution in [0.2, 0.25) is 0 Å². The van der Waals surface area contributed by atoms with Gasteiger partial charge in [-0.2, -0.15) is 0 Å². The average Bonchev–Trinajstić information content (AvgIpc) is 2.76. The highest BCUT2D eigenvalue weighted by molar-refractivity contribution is 6.01. The van der Waals surface area contributed by atoms with Gasteiger partial charge in [-0.25, -0.2) is 9.59 Å². The SMILES string of the molecule is CC(NC(=O)N1c2ccccc2CC1C(=O)O)C(C)(C)C. The van der Waals surface area contributed by atoms with Crippen LogP contribution in [0, 0.1) is 5.41 Å². The summed E-state index contributed by atoms with van der Waals surface area (Å²) in [6.07, 6.45) is 0.350. The molecule has 1 aromatic carbocycles. The fourth-order valence-electron chi connectivity index (χ4n) is 2.31. The molecule has 1 aliphatic rings. The predicted molar refractivity (Wildman–Crippen MR) is 81.5 cm³/mol. The number of para-hydroxylation sites is 1. The molecule has 114 valence electrons. The average molecular weight is 290 g/mol. The first kappa shape index (κ1) is 15.4. The van der Waals surface area contributed by atoms with Crippen molar-refractivity contribution in [3.8, 4) is 0 Å². The molecule has 2 rings (SSSR count). The highest BCUT2D eigenvalue weighted by Crippen LogP contribution is 2.32. The van der Waals surface area contributed by atoms with E-state index in [0.29, 0.717) is 12.1 Å². The summed E-state index contributed by atoms with van der Waals surface area (Å²) in [6.45, 7) is 8.02. The standard InChI is InChI=1S/C16H22N2O3/c1-10(16(2,3)4)17-15(21)18-12-8-6-5-7-11(12)9-13(18)14(19)20/h5-8,10,13H,9H2,1-4H3,(H,17,21)(H,19,20). The molecule has 0 aromatic heterocycles. The van der Waals surface area contributed by atoms with Crippen molar-refractivity contribution in [3.05, 3.63) is 29.8 Å². The van der Waals surface area contributed by atoms with Crippen LogP contribution in [0.3, 0.4) is 0 Å². The lowest BCUT2D eigenvalue weighted by atomic mass is 9.88. The van der Waals surface area contributed by atoms with Gasteiger partial charge in [0, 0.05) is 18.2 Å². The molecule has 2 N–H and O–H groups in total. The van der Waals surface area contributed by atoms with Crippen LogP contribution in [0.1, 0.15) is 33.3 Å². The van der Waals surface area contributed by atoms with Crippen molar-refractivity contribution in [2.75, 3.05) is 4.90 Å². The zero-order valence-electron chi connectivity index (χ0n) is 12.9. The van der Waals surface area contributed by atoms with Crippen LogP contribution < -0.4 is 10.2 Å². The van der Waals surface area contributed by atoms with E-state index in [0.717, 1.165) is 5.56 Å². The minimum atomic E-state index is -0.982. The summed E-state index contributed by atoms with van der Waals surface area (Å²) in [5, 5.41) is 12.3. The molecule has 5 heteroatoms. The lowest BCUT2D eigenvalue weighted by Gasteiger charge is -2.31. The van der Waals surface area contributed by atoms with E-state index in [1.54, 1.807) is 6.07 Å². The molecule has 5 nitrogen and oxygen atoms in total. The number of benzene rings is 1. The van der Waals surface area contributed by atoms with Gasteiger partial charge in [0.1, 0.15) is 6.04 Å². The summed E-state index contributed by atoms with van der Waals surface area (Å²) in [4.78, 5) is 25.3. The Morgan fingerprint density at radius 2 is 1.95 bits per heavy atom. The van der Waals surface area contributed by atoms with E-state index in [4.69, 9.17) is 0 Å². The molecule has 0 fully saturated rings. The molecule has 2 amide bonds. The van der Waals surface area contributed by atoms with E-state index in [-0.39, 0.29) is 17.5 Å². The summed E-state index contributed by atoms with van der Waals surface area (Å²) < 4.78 is 0. The number of urea groups is 1. The Balaban J connectivity index is 2.27. The zero-order valence-corrected chi connectivity index (χ0v) is 12.9.